The molecule has 1 aliphatic rings. The molecule has 0 unspecified atom stereocenters. The van der Waals surface area contributed by atoms with Crippen molar-refractivity contribution in [2.24, 2.45) is 0 Å². The predicted molar refractivity (Wildman–Crippen MR) is 89.9 cm³/mol. The highest BCUT2D eigenvalue weighted by atomic mass is 32.2. The van der Waals surface area contributed by atoms with E-state index >= 15 is 0 Å². The van der Waals surface area contributed by atoms with Gasteiger partial charge in [-0.2, -0.15) is 4.31 Å². The topological polar surface area (TPSA) is 66.5 Å². The van der Waals surface area contributed by atoms with E-state index < -0.39 is 27.6 Å². The molecule has 5 nitrogen and oxygen atoms in total. The third-order valence-electron chi connectivity index (χ3n) is 4.06. The van der Waals surface area contributed by atoms with Crippen molar-refractivity contribution >= 4 is 27.3 Å². The highest BCUT2D eigenvalue weighted by Gasteiger charge is 2.35. The van der Waals surface area contributed by atoms with Gasteiger partial charge >= 0.3 is 0 Å². The number of sulfonamides is 1. The van der Waals surface area contributed by atoms with Crippen molar-refractivity contribution in [3.8, 4) is 0 Å². The Hall–Kier alpha value is -1.84. The summed E-state index contributed by atoms with van der Waals surface area (Å²) in [4.78, 5) is 12.1. The number of hydrogen-bond donors (Lipinski definition) is 1. The molecular formula is C16H16F2N2O3S2. The monoisotopic (exact) mass is 386 g/mol. The number of carbonyl (C=O) groups excluding carboxylic acids is 1. The molecule has 9 heteroatoms. The highest BCUT2D eigenvalue weighted by Crippen LogP contribution is 2.28. The van der Waals surface area contributed by atoms with Gasteiger partial charge < -0.3 is 5.32 Å². The van der Waals surface area contributed by atoms with Gasteiger partial charge in [-0.05, 0) is 42.5 Å². The van der Waals surface area contributed by atoms with Crippen LogP contribution in [0.1, 0.15) is 23.2 Å². The van der Waals surface area contributed by atoms with Crippen LogP contribution >= 0.6 is 11.3 Å². The molecule has 1 aromatic carbocycles. The lowest BCUT2D eigenvalue weighted by Crippen LogP contribution is -2.42. The first kappa shape index (κ1) is 18.0. The summed E-state index contributed by atoms with van der Waals surface area (Å²) in [5.74, 6) is -2.70. The van der Waals surface area contributed by atoms with Crippen LogP contribution in [0.15, 0.2) is 39.9 Å². The van der Waals surface area contributed by atoms with Gasteiger partial charge in [0.25, 0.3) is 15.9 Å². The van der Waals surface area contributed by atoms with Gasteiger partial charge in [0.15, 0.2) is 11.6 Å². The molecule has 1 fully saturated rings. The van der Waals surface area contributed by atoms with E-state index in [-0.39, 0.29) is 22.4 Å². The molecule has 1 atom stereocenters. The molecule has 1 saturated heterocycles. The van der Waals surface area contributed by atoms with E-state index in [1.54, 1.807) is 17.5 Å². The van der Waals surface area contributed by atoms with E-state index in [9.17, 15) is 22.0 Å². The molecule has 2 heterocycles. The summed E-state index contributed by atoms with van der Waals surface area (Å²) in [7, 11) is -3.58. The third-order valence-corrected chi connectivity index (χ3v) is 7.39. The summed E-state index contributed by atoms with van der Waals surface area (Å²) in [6, 6.07) is 5.75. The van der Waals surface area contributed by atoms with Crippen LogP contribution in [0.3, 0.4) is 0 Å². The van der Waals surface area contributed by atoms with E-state index in [0.717, 1.165) is 23.5 Å². The first-order valence-electron chi connectivity index (χ1n) is 7.68. The van der Waals surface area contributed by atoms with Crippen LogP contribution in [0.2, 0.25) is 0 Å². The first-order valence-corrected chi connectivity index (χ1v) is 10.00. The lowest BCUT2D eigenvalue weighted by atomic mass is 10.2. The minimum Gasteiger partial charge on any atom is -0.350 e. The van der Waals surface area contributed by atoms with Gasteiger partial charge in [-0.3, -0.25) is 4.79 Å². The molecule has 0 saturated carbocycles. The Morgan fingerprint density at radius 1 is 1.28 bits per heavy atom. The van der Waals surface area contributed by atoms with Crippen molar-refractivity contribution in [3.05, 3.63) is 52.9 Å². The minimum absolute atomic E-state index is 0.00967. The summed E-state index contributed by atoms with van der Waals surface area (Å²) in [6.45, 7) is 0.508. The zero-order chi connectivity index (χ0) is 18.0. The second-order valence-corrected chi connectivity index (χ2v) is 8.75. The van der Waals surface area contributed by atoms with Gasteiger partial charge in [-0.15, -0.1) is 11.3 Å². The summed E-state index contributed by atoms with van der Waals surface area (Å²) in [5.41, 5.74) is -0.00967. The minimum atomic E-state index is -3.58. The zero-order valence-electron chi connectivity index (χ0n) is 13.1. The van der Waals surface area contributed by atoms with Gasteiger partial charge in [-0.25, -0.2) is 17.2 Å². The molecule has 1 amide bonds. The van der Waals surface area contributed by atoms with E-state index in [1.165, 1.54) is 10.4 Å². The van der Waals surface area contributed by atoms with Crippen LogP contribution in [0.25, 0.3) is 0 Å². The fraction of sp³-hybridized carbons (Fsp3) is 0.312. The van der Waals surface area contributed by atoms with Crippen LogP contribution < -0.4 is 5.32 Å². The van der Waals surface area contributed by atoms with Crippen molar-refractivity contribution in [3.63, 3.8) is 0 Å². The van der Waals surface area contributed by atoms with Gasteiger partial charge in [0.05, 0.1) is 0 Å². The second kappa shape index (κ2) is 7.19. The van der Waals surface area contributed by atoms with E-state index in [4.69, 9.17) is 0 Å². The number of hydrogen-bond acceptors (Lipinski definition) is 4. The molecule has 1 aromatic heterocycles. The van der Waals surface area contributed by atoms with Crippen molar-refractivity contribution in [2.75, 3.05) is 13.1 Å². The van der Waals surface area contributed by atoms with E-state index in [2.05, 4.69) is 5.32 Å². The molecule has 134 valence electrons. The fourth-order valence-electron chi connectivity index (χ4n) is 2.81. The van der Waals surface area contributed by atoms with E-state index in [0.29, 0.717) is 19.4 Å². The van der Waals surface area contributed by atoms with Crippen LogP contribution in [-0.4, -0.2) is 37.8 Å². The van der Waals surface area contributed by atoms with Gasteiger partial charge in [0.1, 0.15) is 4.21 Å². The summed E-state index contributed by atoms with van der Waals surface area (Å²) in [5, 5.41) is 4.30. The number of halogens is 2. The van der Waals surface area contributed by atoms with E-state index in [1.807, 2.05) is 0 Å². The van der Waals surface area contributed by atoms with Gasteiger partial charge in [0, 0.05) is 24.7 Å². The molecule has 0 bridgehead atoms. The molecule has 1 aliphatic heterocycles. The Morgan fingerprint density at radius 2 is 2.08 bits per heavy atom. The fourth-order valence-corrected chi connectivity index (χ4v) is 5.62. The maximum Gasteiger partial charge on any atom is 0.252 e. The number of benzene rings is 1. The lowest BCUT2D eigenvalue weighted by molar-refractivity contribution is 0.0946. The molecule has 2 aromatic rings. The van der Waals surface area contributed by atoms with Crippen molar-refractivity contribution < 1.29 is 22.0 Å². The maximum absolute atomic E-state index is 13.2. The van der Waals surface area contributed by atoms with Crippen molar-refractivity contribution in [1.82, 2.24) is 9.62 Å². The Morgan fingerprint density at radius 3 is 2.76 bits per heavy atom. The Labute approximate surface area is 148 Å². The quantitative estimate of drug-likeness (QED) is 0.859. The summed E-state index contributed by atoms with van der Waals surface area (Å²) in [6.07, 6.45) is 1.33. The number of nitrogens with one attached hydrogen (secondary N) is 1. The first-order chi connectivity index (χ1) is 11.9. The average Bonchev–Trinajstić information content (AvgIpc) is 3.27. The highest BCUT2D eigenvalue weighted by molar-refractivity contribution is 7.91. The molecule has 0 aliphatic carbocycles. The molecule has 1 N–H and O–H groups in total. The number of rotatable bonds is 5. The molecule has 25 heavy (non-hydrogen) atoms. The second-order valence-electron chi connectivity index (χ2n) is 5.68. The SMILES string of the molecule is O=C(NC[C@H]1CCCN1S(=O)(=O)c1cccs1)c1ccc(F)c(F)c1. The van der Waals surface area contributed by atoms with Crippen LogP contribution in [0, 0.1) is 11.6 Å². The third kappa shape index (κ3) is 3.73. The zero-order valence-corrected chi connectivity index (χ0v) is 14.7. The number of thiophene rings is 1. The van der Waals surface area contributed by atoms with Crippen molar-refractivity contribution in [2.45, 2.75) is 23.1 Å². The lowest BCUT2D eigenvalue weighted by Gasteiger charge is -2.23. The maximum atomic E-state index is 13.2. The van der Waals surface area contributed by atoms with Crippen LogP contribution in [-0.2, 0) is 10.0 Å². The van der Waals surface area contributed by atoms with Gasteiger partial charge in [-0.1, -0.05) is 6.07 Å². The normalized spacial score (nSPS) is 18.4. The summed E-state index contributed by atoms with van der Waals surface area (Å²) < 4.78 is 53.1. The van der Waals surface area contributed by atoms with Crippen LogP contribution in [0.5, 0.6) is 0 Å². The average molecular weight is 386 g/mol. The van der Waals surface area contributed by atoms with Crippen molar-refractivity contribution in [1.29, 1.82) is 0 Å². The molecule has 3 rings (SSSR count). The molecule has 0 radical (unpaired) electrons. The predicted octanol–water partition coefficient (Wildman–Crippen LogP) is 2.61. The van der Waals surface area contributed by atoms with Gasteiger partial charge in [0.2, 0.25) is 0 Å². The molecule has 0 spiro atoms. The smallest absolute Gasteiger partial charge is 0.252 e. The van der Waals surface area contributed by atoms with Crippen LogP contribution in [0.4, 0.5) is 8.78 Å². The standard InChI is InChI=1S/C16H16F2N2O3S2/c17-13-6-5-11(9-14(13)18)16(21)19-10-12-3-1-7-20(12)25(22,23)15-4-2-8-24-15/h2,4-6,8-9,12H,1,3,7,10H2,(H,19,21)/t12-/m1/s1. The Balaban J connectivity index is 1.68. The number of carbonyl (C=O) groups is 1. The summed E-state index contributed by atoms with van der Waals surface area (Å²) >= 11 is 1.15. The molecular weight excluding hydrogens is 370 g/mol. The Bertz CT molecular complexity index is 870. The number of nitrogens with zero attached hydrogens (tertiary/aromatic N) is 1. The number of amides is 1. The largest absolute Gasteiger partial charge is 0.350 e. The Kier molecular flexibility index (Phi) is 5.16.